The molecule has 1 heterocycles. The van der Waals surface area contributed by atoms with E-state index in [-0.39, 0.29) is 17.6 Å². The Kier molecular flexibility index (Phi) is 6.20. The van der Waals surface area contributed by atoms with Crippen molar-refractivity contribution in [3.05, 3.63) is 54.1 Å². The van der Waals surface area contributed by atoms with Gasteiger partial charge in [-0.25, -0.2) is 10.4 Å². The lowest BCUT2D eigenvalue weighted by atomic mass is 10.1. The largest absolute Gasteiger partial charge is 0.326 e. The molecule has 0 radical (unpaired) electrons. The summed E-state index contributed by atoms with van der Waals surface area (Å²) in [6.45, 7) is 3.25. The van der Waals surface area contributed by atoms with Crippen LogP contribution in [-0.2, 0) is 9.59 Å². The number of carbonyl (C=O) groups is 2. The van der Waals surface area contributed by atoms with Crippen LogP contribution < -0.4 is 10.7 Å². The number of hydrogen-bond acceptors (Lipinski definition) is 6. The lowest BCUT2D eigenvalue weighted by molar-refractivity contribution is -0.118. The van der Waals surface area contributed by atoms with Crippen molar-refractivity contribution in [3.8, 4) is 0 Å². The highest BCUT2D eigenvalue weighted by atomic mass is 32.2. The standard InChI is InChI=1S/C19H18N4O2S2/c1-12(14-6-5-7-15(10-14)20-13(2)24)22-23-18(25)11-26-19-21-16-8-3-4-9-17(16)27-19/h3-10H,11H2,1-2H3,(H,20,24)(H,23,25)/b22-12-. The van der Waals surface area contributed by atoms with Gasteiger partial charge in [0.05, 0.1) is 21.7 Å². The number of thiazole rings is 1. The molecule has 27 heavy (non-hydrogen) atoms. The number of fused-ring (bicyclic) bond motifs is 1. The van der Waals surface area contributed by atoms with Crippen molar-refractivity contribution in [2.45, 2.75) is 18.2 Å². The maximum Gasteiger partial charge on any atom is 0.250 e. The fourth-order valence-corrected chi connectivity index (χ4v) is 4.17. The zero-order chi connectivity index (χ0) is 19.2. The second-order valence-corrected chi connectivity index (χ2v) is 7.98. The van der Waals surface area contributed by atoms with E-state index in [0.29, 0.717) is 11.4 Å². The summed E-state index contributed by atoms with van der Waals surface area (Å²) in [5.74, 6) is -0.0961. The highest BCUT2D eigenvalue weighted by molar-refractivity contribution is 8.01. The Bertz CT molecular complexity index is 981. The van der Waals surface area contributed by atoms with Crippen molar-refractivity contribution < 1.29 is 9.59 Å². The minimum absolute atomic E-state index is 0.137. The number of rotatable bonds is 6. The molecule has 0 spiro atoms. The number of carbonyl (C=O) groups excluding carboxylic acids is 2. The van der Waals surface area contributed by atoms with Crippen LogP contribution in [0.1, 0.15) is 19.4 Å². The monoisotopic (exact) mass is 398 g/mol. The van der Waals surface area contributed by atoms with E-state index in [9.17, 15) is 9.59 Å². The summed E-state index contributed by atoms with van der Waals surface area (Å²) >= 11 is 2.96. The second kappa shape index (κ2) is 8.79. The minimum atomic E-state index is -0.198. The number of para-hydroxylation sites is 1. The Morgan fingerprint density at radius 1 is 1.15 bits per heavy atom. The number of benzene rings is 2. The normalized spacial score (nSPS) is 11.4. The number of hydrazone groups is 1. The summed E-state index contributed by atoms with van der Waals surface area (Å²) in [5, 5.41) is 6.87. The minimum Gasteiger partial charge on any atom is -0.326 e. The summed E-state index contributed by atoms with van der Waals surface area (Å²) in [4.78, 5) is 27.7. The van der Waals surface area contributed by atoms with Gasteiger partial charge >= 0.3 is 0 Å². The molecule has 3 aromatic rings. The van der Waals surface area contributed by atoms with Crippen LogP contribution in [0.5, 0.6) is 0 Å². The van der Waals surface area contributed by atoms with E-state index < -0.39 is 0 Å². The third-order valence-corrected chi connectivity index (χ3v) is 5.73. The molecule has 0 aliphatic rings. The molecule has 138 valence electrons. The van der Waals surface area contributed by atoms with Crippen LogP contribution in [0.4, 0.5) is 5.69 Å². The Hall–Kier alpha value is -2.71. The van der Waals surface area contributed by atoms with Crippen LogP contribution in [0.15, 0.2) is 58.0 Å². The van der Waals surface area contributed by atoms with Crippen molar-refractivity contribution in [2.75, 3.05) is 11.1 Å². The molecular weight excluding hydrogens is 380 g/mol. The zero-order valence-electron chi connectivity index (χ0n) is 14.9. The van der Waals surface area contributed by atoms with E-state index in [4.69, 9.17) is 0 Å². The van der Waals surface area contributed by atoms with E-state index in [2.05, 4.69) is 20.8 Å². The predicted molar refractivity (Wildman–Crippen MR) is 111 cm³/mol. The molecule has 0 saturated carbocycles. The second-order valence-electron chi connectivity index (χ2n) is 5.73. The first-order valence-corrected chi connectivity index (χ1v) is 10.0. The highest BCUT2D eigenvalue weighted by Crippen LogP contribution is 2.29. The molecule has 1 aromatic heterocycles. The summed E-state index contributed by atoms with van der Waals surface area (Å²) in [6, 6.07) is 15.2. The van der Waals surface area contributed by atoms with Crippen LogP contribution in [0, 0.1) is 0 Å². The first kappa shape index (κ1) is 19.1. The van der Waals surface area contributed by atoms with E-state index in [1.807, 2.05) is 42.5 Å². The first-order valence-electron chi connectivity index (χ1n) is 8.21. The van der Waals surface area contributed by atoms with Crippen LogP contribution in [0.2, 0.25) is 0 Å². The van der Waals surface area contributed by atoms with Crippen molar-refractivity contribution in [1.82, 2.24) is 10.4 Å². The Labute approximate surface area is 165 Å². The number of nitrogens with one attached hydrogen (secondary N) is 2. The van der Waals surface area contributed by atoms with Crippen molar-refractivity contribution >= 4 is 56.5 Å². The molecule has 0 saturated heterocycles. The Morgan fingerprint density at radius 2 is 1.96 bits per heavy atom. The Balaban J connectivity index is 1.56. The van der Waals surface area contributed by atoms with Crippen LogP contribution in [-0.4, -0.2) is 28.3 Å². The quantitative estimate of drug-likeness (QED) is 0.375. The molecule has 2 N–H and O–H groups in total. The van der Waals surface area contributed by atoms with Gasteiger partial charge in [-0.3, -0.25) is 9.59 Å². The smallest absolute Gasteiger partial charge is 0.250 e. The molecule has 6 nitrogen and oxygen atoms in total. The number of anilines is 1. The van der Waals surface area contributed by atoms with Crippen LogP contribution in [0.3, 0.4) is 0 Å². The molecule has 8 heteroatoms. The molecule has 0 atom stereocenters. The maximum absolute atomic E-state index is 12.1. The van der Waals surface area contributed by atoms with Gasteiger partial charge in [0.1, 0.15) is 0 Å². The van der Waals surface area contributed by atoms with Gasteiger partial charge in [0.25, 0.3) is 5.91 Å². The van der Waals surface area contributed by atoms with Crippen molar-refractivity contribution in [3.63, 3.8) is 0 Å². The zero-order valence-corrected chi connectivity index (χ0v) is 16.5. The molecule has 0 aliphatic carbocycles. The molecule has 0 bridgehead atoms. The molecule has 0 unspecified atom stereocenters. The molecule has 3 rings (SSSR count). The third-order valence-electron chi connectivity index (χ3n) is 3.55. The average molecular weight is 399 g/mol. The van der Waals surface area contributed by atoms with Crippen LogP contribution >= 0.6 is 23.1 Å². The van der Waals surface area contributed by atoms with E-state index >= 15 is 0 Å². The molecule has 0 fully saturated rings. The Morgan fingerprint density at radius 3 is 2.74 bits per heavy atom. The van der Waals surface area contributed by atoms with Crippen molar-refractivity contribution in [1.29, 1.82) is 0 Å². The van der Waals surface area contributed by atoms with Gasteiger partial charge in [0, 0.05) is 12.6 Å². The maximum atomic E-state index is 12.1. The van der Waals surface area contributed by atoms with E-state index in [0.717, 1.165) is 20.1 Å². The number of amides is 2. The van der Waals surface area contributed by atoms with Gasteiger partial charge < -0.3 is 5.32 Å². The number of aromatic nitrogens is 1. The van der Waals surface area contributed by atoms with Gasteiger partial charge in [-0.05, 0) is 36.8 Å². The van der Waals surface area contributed by atoms with Gasteiger partial charge in [-0.2, -0.15) is 5.10 Å². The topological polar surface area (TPSA) is 83.5 Å². The summed E-state index contributed by atoms with van der Waals surface area (Å²) in [6.07, 6.45) is 0. The summed E-state index contributed by atoms with van der Waals surface area (Å²) in [5.41, 5.74) is 5.67. The van der Waals surface area contributed by atoms with Crippen molar-refractivity contribution in [2.24, 2.45) is 5.10 Å². The predicted octanol–water partition coefficient (Wildman–Crippen LogP) is 3.89. The molecular formula is C19H18N4O2S2. The van der Waals surface area contributed by atoms with Crippen LogP contribution in [0.25, 0.3) is 10.2 Å². The summed E-state index contributed by atoms with van der Waals surface area (Å²) in [7, 11) is 0. The molecule has 0 aliphatic heterocycles. The SMILES string of the molecule is CC(=O)Nc1cccc(/C(C)=N\NC(=O)CSc2nc3ccccc3s2)c1. The highest BCUT2D eigenvalue weighted by Gasteiger charge is 2.08. The van der Waals surface area contributed by atoms with Gasteiger partial charge in [0.15, 0.2) is 4.34 Å². The first-order chi connectivity index (χ1) is 13.0. The lowest BCUT2D eigenvalue weighted by Crippen LogP contribution is -2.21. The number of thioether (sulfide) groups is 1. The fraction of sp³-hybridized carbons (Fsp3) is 0.158. The third kappa shape index (κ3) is 5.38. The van der Waals surface area contributed by atoms with E-state index in [1.165, 1.54) is 18.7 Å². The van der Waals surface area contributed by atoms with E-state index in [1.54, 1.807) is 24.3 Å². The van der Waals surface area contributed by atoms with Gasteiger partial charge in [-0.15, -0.1) is 11.3 Å². The summed E-state index contributed by atoms with van der Waals surface area (Å²) < 4.78 is 1.96. The number of nitrogens with zero attached hydrogens (tertiary/aromatic N) is 2. The molecule has 2 aromatic carbocycles. The van der Waals surface area contributed by atoms with Gasteiger partial charge in [0.2, 0.25) is 5.91 Å². The lowest BCUT2D eigenvalue weighted by Gasteiger charge is -2.06. The fourth-order valence-electron chi connectivity index (χ4n) is 2.31. The average Bonchev–Trinajstić information content (AvgIpc) is 3.07. The molecule has 2 amide bonds. The number of hydrogen-bond donors (Lipinski definition) is 2. The van der Waals surface area contributed by atoms with Gasteiger partial charge in [-0.1, -0.05) is 36.0 Å².